The van der Waals surface area contributed by atoms with E-state index in [1.165, 1.54) is 12.1 Å². The van der Waals surface area contributed by atoms with Crippen molar-refractivity contribution in [3.05, 3.63) is 65.2 Å². The fourth-order valence-electron chi connectivity index (χ4n) is 8.76. The van der Waals surface area contributed by atoms with Crippen LogP contribution in [0.1, 0.15) is 79.9 Å². The van der Waals surface area contributed by atoms with Crippen molar-refractivity contribution in [2.24, 2.45) is 0 Å². The molecule has 3 N–H and O–H groups in total. The number of nitrogens with zero attached hydrogens (tertiary/aromatic N) is 5. The Hall–Kier alpha value is -4.42. The van der Waals surface area contributed by atoms with Gasteiger partial charge in [-0.3, -0.25) is 14.5 Å². The number of imidazole rings is 1. The maximum Gasteiger partial charge on any atom is 0.251 e. The number of carbonyl (C=O) groups is 2. The van der Waals surface area contributed by atoms with Gasteiger partial charge in [-0.2, -0.15) is 0 Å². The minimum Gasteiger partial charge on any atom is -0.355 e. The highest BCUT2D eigenvalue weighted by molar-refractivity contribution is 6.09. The molecule has 2 amide bonds. The third-order valence-electron chi connectivity index (χ3n) is 11.7. The van der Waals surface area contributed by atoms with Crippen LogP contribution in [0, 0.1) is 12.7 Å². The Morgan fingerprint density at radius 1 is 1.10 bits per heavy atom. The maximum absolute atomic E-state index is 15.5. The number of fused-ring (bicyclic) bond motifs is 3. The van der Waals surface area contributed by atoms with Crippen molar-refractivity contribution in [1.82, 2.24) is 30.1 Å². The molecule has 0 bridgehead atoms. The topological polar surface area (TPSA) is 107 Å². The highest BCUT2D eigenvalue weighted by atomic mass is 19.1. The van der Waals surface area contributed by atoms with E-state index in [-0.39, 0.29) is 35.6 Å². The summed E-state index contributed by atoms with van der Waals surface area (Å²) in [6, 6.07) is 11.4. The molecule has 0 radical (unpaired) electrons. The monoisotopic (exact) mass is 696 g/mol. The average Bonchev–Trinajstić information content (AvgIpc) is 3.63. The van der Waals surface area contributed by atoms with Crippen molar-refractivity contribution in [3.63, 3.8) is 0 Å². The first kappa shape index (κ1) is 33.7. The van der Waals surface area contributed by atoms with E-state index in [4.69, 9.17) is 9.97 Å². The number of hydrogen-bond acceptors (Lipinski definition) is 7. The number of aromatic nitrogens is 3. The Morgan fingerprint density at radius 2 is 1.88 bits per heavy atom. The van der Waals surface area contributed by atoms with Crippen LogP contribution in [0.15, 0.2) is 42.7 Å². The molecule has 3 aliphatic heterocycles. The third-order valence-corrected chi connectivity index (χ3v) is 11.7. The molecular weight excluding hydrogens is 650 g/mol. The molecule has 1 atom stereocenters. The van der Waals surface area contributed by atoms with E-state index >= 15 is 4.39 Å². The number of carbonyl (C=O) groups excluding carboxylic acids is 2. The number of hydrogen-bond donors (Lipinski definition) is 3. The van der Waals surface area contributed by atoms with Crippen molar-refractivity contribution in [2.45, 2.75) is 89.0 Å². The number of pyridine rings is 1. The molecule has 2 aromatic heterocycles. The Bertz CT molecular complexity index is 2020. The van der Waals surface area contributed by atoms with Gasteiger partial charge in [0.15, 0.2) is 5.82 Å². The van der Waals surface area contributed by atoms with E-state index in [1.54, 1.807) is 20.3 Å². The van der Waals surface area contributed by atoms with Crippen LogP contribution in [0.5, 0.6) is 0 Å². The first-order valence-corrected chi connectivity index (χ1v) is 18.3. The SMILES string of the molecule is CNC(=O)c1cc(Nc2nc(-c3ccc4c(c3)N([C@H]3C[C@@H](N5CCC[C@@H](F)C5)C3)C(=O)C43CCNCC3)cc3ncn(C(C)C)c23)c(F)cc1C. The fourth-order valence-corrected chi connectivity index (χ4v) is 8.76. The standard InChI is InChI=1S/C39H46F2N8O2/c1-22(2)48-21-44-33-19-31(45-36(35(33)48)46-32-18-28(37(50)42-4)23(3)14-30(32)41)24-7-8-29-34(15-24)49(38(51)39(29)9-11-43-12-10-39)27-16-26(17-27)47-13-5-6-25(40)20-47/h7-8,14-15,18-19,21-22,25-27,43H,5-6,9-13,16-17,20H2,1-4H3,(H,42,50)(H,45,46)/t25-,26-,27+/m1/s1. The van der Waals surface area contributed by atoms with Gasteiger partial charge < -0.3 is 25.4 Å². The number of aryl methyl sites for hydroxylation is 1. The quantitative estimate of drug-likeness (QED) is 0.213. The molecule has 10 nitrogen and oxygen atoms in total. The smallest absolute Gasteiger partial charge is 0.251 e. The summed E-state index contributed by atoms with van der Waals surface area (Å²) in [5.74, 6) is -0.221. The molecule has 0 unspecified atom stereocenters. The van der Waals surface area contributed by atoms with Crippen molar-refractivity contribution in [2.75, 3.05) is 43.4 Å². The first-order valence-electron chi connectivity index (χ1n) is 18.3. The van der Waals surface area contributed by atoms with Crippen LogP contribution in [0.3, 0.4) is 0 Å². The second-order valence-corrected chi connectivity index (χ2v) is 15.1. The summed E-state index contributed by atoms with van der Waals surface area (Å²) in [6.07, 6.45) is 5.65. The van der Waals surface area contributed by atoms with Gasteiger partial charge in [0, 0.05) is 48.5 Å². The summed E-state index contributed by atoms with van der Waals surface area (Å²) >= 11 is 0. The highest BCUT2D eigenvalue weighted by Crippen LogP contribution is 2.51. The predicted molar refractivity (Wildman–Crippen MR) is 195 cm³/mol. The predicted octanol–water partition coefficient (Wildman–Crippen LogP) is 6.16. The van der Waals surface area contributed by atoms with Crippen molar-refractivity contribution in [1.29, 1.82) is 0 Å². The van der Waals surface area contributed by atoms with Gasteiger partial charge in [0.25, 0.3) is 5.91 Å². The van der Waals surface area contributed by atoms with Gasteiger partial charge in [0.2, 0.25) is 5.91 Å². The summed E-state index contributed by atoms with van der Waals surface area (Å²) in [4.78, 5) is 41.3. The molecule has 2 saturated heterocycles. The molecule has 51 heavy (non-hydrogen) atoms. The summed E-state index contributed by atoms with van der Waals surface area (Å²) < 4.78 is 31.7. The minimum atomic E-state index is -0.774. The van der Waals surface area contributed by atoms with Crippen LogP contribution in [0.4, 0.5) is 26.0 Å². The second kappa shape index (κ2) is 13.0. The lowest BCUT2D eigenvalue weighted by Crippen LogP contribution is -2.59. The Kier molecular flexibility index (Phi) is 8.57. The fraction of sp³-hybridized carbons (Fsp3) is 0.487. The molecule has 268 valence electrons. The van der Waals surface area contributed by atoms with Crippen LogP contribution >= 0.6 is 0 Å². The molecule has 12 heteroatoms. The van der Waals surface area contributed by atoms with Gasteiger partial charge in [-0.15, -0.1) is 0 Å². The van der Waals surface area contributed by atoms with Crippen LogP contribution in [-0.2, 0) is 10.2 Å². The third kappa shape index (κ3) is 5.67. The summed E-state index contributed by atoms with van der Waals surface area (Å²) in [5, 5.41) is 9.28. The summed E-state index contributed by atoms with van der Waals surface area (Å²) in [7, 11) is 1.55. The maximum atomic E-state index is 15.5. The molecule has 2 aromatic carbocycles. The lowest BCUT2D eigenvalue weighted by molar-refractivity contribution is -0.125. The number of nitrogens with one attached hydrogen (secondary N) is 3. The Morgan fingerprint density at radius 3 is 2.61 bits per heavy atom. The average molecular weight is 697 g/mol. The number of benzene rings is 2. The number of rotatable bonds is 7. The van der Waals surface area contributed by atoms with E-state index in [0.29, 0.717) is 41.1 Å². The van der Waals surface area contributed by atoms with Crippen molar-refractivity contribution in [3.8, 4) is 11.3 Å². The van der Waals surface area contributed by atoms with Crippen LogP contribution in [0.25, 0.3) is 22.3 Å². The Labute approximate surface area is 297 Å². The number of amides is 2. The number of anilines is 3. The molecule has 8 rings (SSSR count). The molecule has 1 saturated carbocycles. The Balaban J connectivity index is 1.19. The number of alkyl halides is 1. The first-order chi connectivity index (χ1) is 24.6. The second-order valence-electron chi connectivity index (χ2n) is 15.1. The molecule has 4 aromatic rings. The molecule has 3 fully saturated rings. The van der Waals surface area contributed by atoms with E-state index in [1.807, 2.05) is 35.4 Å². The number of halogens is 2. The zero-order valence-electron chi connectivity index (χ0n) is 29.7. The zero-order chi connectivity index (χ0) is 35.6. The molecule has 4 aliphatic rings. The van der Waals surface area contributed by atoms with Gasteiger partial charge in [-0.05, 0) is 114 Å². The summed E-state index contributed by atoms with van der Waals surface area (Å²) in [5.41, 5.74) is 5.31. The van der Waals surface area contributed by atoms with Gasteiger partial charge >= 0.3 is 0 Å². The van der Waals surface area contributed by atoms with Crippen LogP contribution in [-0.4, -0.2) is 82.7 Å². The normalized spacial score (nSPS) is 23.2. The molecular formula is C39H46F2N8O2. The van der Waals surface area contributed by atoms with Gasteiger partial charge in [-0.1, -0.05) is 12.1 Å². The van der Waals surface area contributed by atoms with Gasteiger partial charge in [0.05, 0.1) is 28.6 Å². The molecule has 1 spiro atoms. The van der Waals surface area contributed by atoms with E-state index in [9.17, 15) is 14.0 Å². The van der Waals surface area contributed by atoms with E-state index in [0.717, 1.165) is 74.1 Å². The van der Waals surface area contributed by atoms with E-state index in [2.05, 4.69) is 33.0 Å². The molecule has 5 heterocycles. The van der Waals surface area contributed by atoms with Gasteiger partial charge in [0.1, 0.15) is 17.5 Å². The minimum absolute atomic E-state index is 0.0548. The van der Waals surface area contributed by atoms with E-state index < -0.39 is 17.4 Å². The lowest BCUT2D eigenvalue weighted by Gasteiger charge is -2.48. The number of piperidine rings is 2. The van der Waals surface area contributed by atoms with Crippen LogP contribution in [0.2, 0.25) is 0 Å². The summed E-state index contributed by atoms with van der Waals surface area (Å²) in [6.45, 7) is 8.76. The van der Waals surface area contributed by atoms with Crippen molar-refractivity contribution < 1.29 is 18.4 Å². The highest BCUT2D eigenvalue weighted by Gasteiger charge is 2.55. The van der Waals surface area contributed by atoms with Crippen LogP contribution < -0.4 is 20.9 Å². The zero-order valence-corrected chi connectivity index (χ0v) is 29.7. The molecule has 1 aliphatic carbocycles. The van der Waals surface area contributed by atoms with Gasteiger partial charge in [-0.25, -0.2) is 18.7 Å². The largest absolute Gasteiger partial charge is 0.355 e. The lowest BCUT2D eigenvalue weighted by atomic mass is 9.74. The number of likely N-dealkylation sites (tertiary alicyclic amines) is 1. The van der Waals surface area contributed by atoms with Crippen molar-refractivity contribution >= 4 is 40.0 Å².